The Morgan fingerprint density at radius 3 is 2.56 bits per heavy atom. The predicted octanol–water partition coefficient (Wildman–Crippen LogP) is 4.53. The highest BCUT2D eigenvalue weighted by atomic mass is 35.5. The van der Waals surface area contributed by atoms with E-state index in [1.165, 1.54) is 10.4 Å². The number of nitrogens with zero attached hydrogens (tertiary/aromatic N) is 1. The molecule has 0 atom stereocenters. The second-order valence-corrected chi connectivity index (χ2v) is 10.5. The van der Waals surface area contributed by atoms with Gasteiger partial charge in [-0.3, -0.25) is 4.79 Å². The van der Waals surface area contributed by atoms with Crippen LogP contribution in [0.2, 0.25) is 5.02 Å². The van der Waals surface area contributed by atoms with Crippen molar-refractivity contribution in [3.63, 3.8) is 0 Å². The summed E-state index contributed by atoms with van der Waals surface area (Å²) >= 11 is 6.24. The SMILES string of the molecule is O=C(Cc1cccc(C(F)(F)F)c1F)Nc1c(Cl)ccc2c1CCN(S(=O)(=O)C1CC1)C2. The van der Waals surface area contributed by atoms with E-state index in [2.05, 4.69) is 5.32 Å². The molecular weight excluding hydrogens is 472 g/mol. The fraction of sp³-hybridized carbons (Fsp3) is 0.381. The summed E-state index contributed by atoms with van der Waals surface area (Å²) in [7, 11) is -3.36. The summed E-state index contributed by atoms with van der Waals surface area (Å²) in [6.45, 7) is 0.383. The quantitative estimate of drug-likeness (QED) is 0.626. The smallest absolute Gasteiger partial charge is 0.324 e. The maximum atomic E-state index is 14.3. The van der Waals surface area contributed by atoms with Crippen LogP contribution in [0, 0.1) is 5.82 Å². The summed E-state index contributed by atoms with van der Waals surface area (Å²) < 4.78 is 79.5. The fourth-order valence-electron chi connectivity index (χ4n) is 3.82. The Morgan fingerprint density at radius 1 is 1.19 bits per heavy atom. The van der Waals surface area contributed by atoms with Crippen molar-refractivity contribution in [1.29, 1.82) is 0 Å². The lowest BCUT2D eigenvalue weighted by Gasteiger charge is -2.30. The number of fused-ring (bicyclic) bond motifs is 1. The maximum absolute atomic E-state index is 14.3. The van der Waals surface area contributed by atoms with Gasteiger partial charge in [0.05, 0.1) is 27.9 Å². The van der Waals surface area contributed by atoms with E-state index >= 15 is 0 Å². The topological polar surface area (TPSA) is 66.5 Å². The van der Waals surface area contributed by atoms with Gasteiger partial charge in [0.25, 0.3) is 0 Å². The number of benzene rings is 2. The Bertz CT molecular complexity index is 1180. The van der Waals surface area contributed by atoms with Crippen LogP contribution in [0.5, 0.6) is 0 Å². The van der Waals surface area contributed by atoms with Crippen molar-refractivity contribution in [1.82, 2.24) is 4.31 Å². The van der Waals surface area contributed by atoms with Crippen LogP contribution >= 0.6 is 11.6 Å². The first-order valence-electron chi connectivity index (χ1n) is 9.92. The fourth-order valence-corrected chi connectivity index (χ4v) is 5.87. The van der Waals surface area contributed by atoms with E-state index in [4.69, 9.17) is 11.6 Å². The van der Waals surface area contributed by atoms with Crippen molar-refractivity contribution >= 4 is 33.2 Å². The molecule has 2 aromatic carbocycles. The van der Waals surface area contributed by atoms with E-state index in [0.717, 1.165) is 12.1 Å². The molecule has 1 saturated carbocycles. The molecule has 0 unspecified atom stereocenters. The largest absolute Gasteiger partial charge is 0.419 e. The van der Waals surface area contributed by atoms with Crippen molar-refractivity contribution in [2.45, 2.75) is 43.7 Å². The second-order valence-electron chi connectivity index (χ2n) is 7.89. The van der Waals surface area contributed by atoms with Gasteiger partial charge in [-0.05, 0) is 48.1 Å². The molecule has 0 spiro atoms. The molecule has 0 aromatic heterocycles. The van der Waals surface area contributed by atoms with Crippen LogP contribution in [0.15, 0.2) is 30.3 Å². The molecule has 1 aliphatic heterocycles. The number of nitrogens with one attached hydrogen (secondary N) is 1. The van der Waals surface area contributed by atoms with E-state index in [0.29, 0.717) is 36.5 Å². The zero-order valence-corrected chi connectivity index (χ0v) is 18.2. The molecule has 1 fully saturated rings. The molecule has 5 nitrogen and oxygen atoms in total. The molecule has 1 amide bonds. The van der Waals surface area contributed by atoms with Crippen LogP contribution in [-0.4, -0.2) is 30.4 Å². The molecule has 2 aliphatic rings. The third-order valence-corrected chi connectivity index (χ3v) is 8.28. The van der Waals surface area contributed by atoms with Gasteiger partial charge in [-0.1, -0.05) is 29.8 Å². The van der Waals surface area contributed by atoms with Gasteiger partial charge in [0, 0.05) is 13.1 Å². The number of sulfonamides is 1. The minimum atomic E-state index is -4.87. The second kappa shape index (κ2) is 8.31. The number of hydrogen-bond donors (Lipinski definition) is 1. The van der Waals surface area contributed by atoms with Gasteiger partial charge < -0.3 is 5.32 Å². The average Bonchev–Trinajstić information content (AvgIpc) is 3.56. The van der Waals surface area contributed by atoms with E-state index < -0.39 is 39.9 Å². The lowest BCUT2D eigenvalue weighted by atomic mass is 9.98. The maximum Gasteiger partial charge on any atom is 0.419 e. The Kier molecular flexibility index (Phi) is 5.98. The van der Waals surface area contributed by atoms with Gasteiger partial charge in [-0.15, -0.1) is 0 Å². The molecule has 11 heteroatoms. The summed E-state index contributed by atoms with van der Waals surface area (Å²) in [4.78, 5) is 12.5. The standard InChI is InChI=1S/C21H19ClF4N2O3S/c22-17-7-4-13-11-28(32(30,31)14-5-6-14)9-8-15(13)20(17)27-18(29)10-12-2-1-3-16(19(12)23)21(24,25)26/h1-4,7,14H,5-6,8-11H2,(H,27,29). The van der Waals surface area contributed by atoms with Crippen LogP contribution in [0.4, 0.5) is 23.2 Å². The van der Waals surface area contributed by atoms with E-state index in [1.807, 2.05) is 0 Å². The summed E-state index contributed by atoms with van der Waals surface area (Å²) in [5.74, 6) is -2.22. The van der Waals surface area contributed by atoms with Gasteiger partial charge in [-0.2, -0.15) is 17.5 Å². The van der Waals surface area contributed by atoms with E-state index in [9.17, 15) is 30.8 Å². The molecule has 1 heterocycles. The lowest BCUT2D eigenvalue weighted by Crippen LogP contribution is -2.38. The Labute approximate surface area is 187 Å². The molecule has 0 radical (unpaired) electrons. The molecule has 4 rings (SSSR count). The predicted molar refractivity (Wildman–Crippen MR) is 111 cm³/mol. The third kappa shape index (κ3) is 4.49. The normalized spacial score (nSPS) is 17.2. The third-order valence-electron chi connectivity index (χ3n) is 5.62. The van der Waals surface area contributed by atoms with Gasteiger partial charge in [0.1, 0.15) is 5.82 Å². The summed E-state index contributed by atoms with van der Waals surface area (Å²) in [5.41, 5.74) is -0.206. The molecule has 0 saturated heterocycles. The monoisotopic (exact) mass is 490 g/mol. The molecular formula is C21H19ClF4N2O3S. The number of carbonyl (C=O) groups excluding carboxylic acids is 1. The molecule has 0 bridgehead atoms. The number of halogens is 5. The van der Waals surface area contributed by atoms with Crippen LogP contribution in [0.1, 0.15) is 35.1 Å². The van der Waals surface area contributed by atoms with Gasteiger partial charge in [0.15, 0.2) is 0 Å². The first-order valence-corrected chi connectivity index (χ1v) is 11.8. The average molecular weight is 491 g/mol. The molecule has 32 heavy (non-hydrogen) atoms. The van der Waals surface area contributed by atoms with Crippen molar-refractivity contribution < 1.29 is 30.8 Å². The number of amides is 1. The Hall–Kier alpha value is -2.17. The van der Waals surface area contributed by atoms with Crippen LogP contribution in [0.3, 0.4) is 0 Å². The zero-order chi connectivity index (χ0) is 23.3. The van der Waals surface area contributed by atoms with Crippen molar-refractivity contribution in [3.05, 3.63) is 63.4 Å². The molecule has 1 N–H and O–H groups in total. The number of hydrogen-bond acceptors (Lipinski definition) is 3. The Balaban J connectivity index is 1.54. The van der Waals surface area contributed by atoms with Crippen molar-refractivity contribution in [2.24, 2.45) is 0 Å². The number of anilines is 1. The highest BCUT2D eigenvalue weighted by molar-refractivity contribution is 7.90. The summed E-state index contributed by atoms with van der Waals surface area (Å²) in [6, 6.07) is 5.98. The van der Waals surface area contributed by atoms with Gasteiger partial charge >= 0.3 is 6.18 Å². The van der Waals surface area contributed by atoms with Crippen LogP contribution in [-0.2, 0) is 40.4 Å². The van der Waals surface area contributed by atoms with Crippen LogP contribution < -0.4 is 5.32 Å². The minimum Gasteiger partial charge on any atom is -0.324 e. The number of alkyl halides is 3. The Morgan fingerprint density at radius 2 is 1.91 bits per heavy atom. The highest BCUT2D eigenvalue weighted by Crippen LogP contribution is 2.37. The zero-order valence-electron chi connectivity index (χ0n) is 16.7. The van der Waals surface area contributed by atoms with Crippen molar-refractivity contribution in [2.75, 3.05) is 11.9 Å². The molecule has 1 aliphatic carbocycles. The number of carbonyl (C=O) groups is 1. The van der Waals surface area contributed by atoms with Crippen LogP contribution in [0.25, 0.3) is 0 Å². The molecule has 2 aromatic rings. The molecule has 172 valence electrons. The van der Waals surface area contributed by atoms with E-state index in [-0.39, 0.29) is 34.6 Å². The van der Waals surface area contributed by atoms with Crippen molar-refractivity contribution in [3.8, 4) is 0 Å². The first-order chi connectivity index (χ1) is 15.0. The summed E-state index contributed by atoms with van der Waals surface area (Å²) in [6.07, 6.45) is -3.86. The summed E-state index contributed by atoms with van der Waals surface area (Å²) in [5, 5.41) is 2.45. The lowest BCUT2D eigenvalue weighted by molar-refractivity contribution is -0.140. The van der Waals surface area contributed by atoms with Gasteiger partial charge in [0.2, 0.25) is 15.9 Å². The van der Waals surface area contributed by atoms with Gasteiger partial charge in [-0.25, -0.2) is 12.8 Å². The van der Waals surface area contributed by atoms with E-state index in [1.54, 1.807) is 6.07 Å². The number of rotatable bonds is 5. The first kappa shape index (κ1) is 23.0. The highest BCUT2D eigenvalue weighted by Gasteiger charge is 2.41. The minimum absolute atomic E-state index is 0.149.